The van der Waals surface area contributed by atoms with E-state index in [0.717, 1.165) is 48.3 Å². The lowest BCUT2D eigenvalue weighted by molar-refractivity contribution is -0.139. The fourth-order valence-corrected chi connectivity index (χ4v) is 6.55. The molecular formula is C22H28F3N3O4S. The number of hydrogen-bond acceptors (Lipinski definition) is 4. The van der Waals surface area contributed by atoms with Crippen molar-refractivity contribution in [1.29, 1.82) is 0 Å². The third-order valence-electron chi connectivity index (χ3n) is 6.93. The highest BCUT2D eigenvalue weighted by Gasteiger charge is 2.40. The van der Waals surface area contributed by atoms with Crippen molar-refractivity contribution in [3.8, 4) is 0 Å². The molecule has 3 heterocycles. The molecule has 1 aromatic rings. The van der Waals surface area contributed by atoms with Crippen molar-refractivity contribution >= 4 is 22.2 Å². The van der Waals surface area contributed by atoms with Gasteiger partial charge in [0, 0.05) is 57.2 Å². The number of piperidine rings is 2. The Morgan fingerprint density at radius 2 is 1.70 bits per heavy atom. The molecule has 3 fully saturated rings. The summed E-state index contributed by atoms with van der Waals surface area (Å²) in [6.07, 6.45) is -0.967. The van der Waals surface area contributed by atoms with Crippen LogP contribution < -0.4 is 0 Å². The molecule has 1 atom stereocenters. The molecule has 33 heavy (non-hydrogen) atoms. The molecule has 3 saturated heterocycles. The Morgan fingerprint density at radius 3 is 2.27 bits per heavy atom. The molecule has 2 amide bonds. The summed E-state index contributed by atoms with van der Waals surface area (Å²) in [6, 6.07) is 3.93. The number of carbonyl (C=O) groups is 2. The molecule has 7 nitrogen and oxygen atoms in total. The first kappa shape index (κ1) is 24.2. The van der Waals surface area contributed by atoms with Crippen LogP contribution in [0.1, 0.15) is 44.1 Å². The normalized spacial score (nSPS) is 23.7. The van der Waals surface area contributed by atoms with E-state index in [2.05, 4.69) is 0 Å². The maximum Gasteiger partial charge on any atom is 0.416 e. The fourth-order valence-electron chi connectivity index (χ4n) is 5.04. The molecule has 0 spiro atoms. The summed E-state index contributed by atoms with van der Waals surface area (Å²) in [5, 5.41) is 0. The molecule has 3 aliphatic rings. The third-order valence-corrected chi connectivity index (χ3v) is 8.82. The van der Waals surface area contributed by atoms with Crippen LogP contribution in [0.25, 0.3) is 0 Å². The molecule has 182 valence electrons. The molecule has 3 aliphatic heterocycles. The van der Waals surface area contributed by atoms with Crippen LogP contribution >= 0.6 is 0 Å². The van der Waals surface area contributed by atoms with Crippen LogP contribution in [0.15, 0.2) is 29.2 Å². The minimum atomic E-state index is -4.62. The maximum atomic E-state index is 13.0. The van der Waals surface area contributed by atoms with Crippen molar-refractivity contribution in [2.45, 2.75) is 55.6 Å². The van der Waals surface area contributed by atoms with Crippen LogP contribution in [0.2, 0.25) is 0 Å². The van der Waals surface area contributed by atoms with Gasteiger partial charge in [0.15, 0.2) is 15.3 Å². The molecule has 1 aromatic carbocycles. The van der Waals surface area contributed by atoms with Crippen molar-refractivity contribution in [1.82, 2.24) is 14.1 Å². The second-order valence-corrected chi connectivity index (χ2v) is 10.9. The zero-order valence-electron chi connectivity index (χ0n) is 18.3. The van der Waals surface area contributed by atoms with Gasteiger partial charge in [0.05, 0.1) is 5.56 Å². The van der Waals surface area contributed by atoms with Gasteiger partial charge >= 0.3 is 6.18 Å². The fraction of sp³-hybridized carbons (Fsp3) is 0.636. The van der Waals surface area contributed by atoms with Gasteiger partial charge in [-0.05, 0) is 44.2 Å². The largest absolute Gasteiger partial charge is 0.593 e. The van der Waals surface area contributed by atoms with E-state index in [9.17, 15) is 31.5 Å². The molecule has 0 aliphatic carbocycles. The van der Waals surface area contributed by atoms with Gasteiger partial charge in [-0.25, -0.2) is 0 Å². The SMILES string of the molecule is O=C(C1CCN([S+](=O)([O-])c2cccc(C(F)(F)F)c2)CC1)N1CCC(N2CCCC2=O)CC1. The number of rotatable bonds is 4. The van der Waals surface area contributed by atoms with E-state index in [1.807, 2.05) is 4.90 Å². The first-order valence-corrected chi connectivity index (χ1v) is 12.8. The Balaban J connectivity index is 1.32. The van der Waals surface area contributed by atoms with Crippen molar-refractivity contribution in [2.24, 2.45) is 5.92 Å². The van der Waals surface area contributed by atoms with E-state index in [-0.39, 0.29) is 41.8 Å². The van der Waals surface area contributed by atoms with Gasteiger partial charge in [-0.1, -0.05) is 10.3 Å². The van der Waals surface area contributed by atoms with Crippen LogP contribution in [0.4, 0.5) is 13.2 Å². The van der Waals surface area contributed by atoms with Gasteiger partial charge in [0.1, 0.15) is 0 Å². The summed E-state index contributed by atoms with van der Waals surface area (Å²) in [5.74, 6) is -0.116. The predicted molar refractivity (Wildman–Crippen MR) is 113 cm³/mol. The van der Waals surface area contributed by atoms with Gasteiger partial charge in [-0.2, -0.15) is 13.2 Å². The molecule has 0 bridgehead atoms. The number of alkyl halides is 3. The Kier molecular flexibility index (Phi) is 6.84. The first-order chi connectivity index (χ1) is 15.6. The molecule has 4 rings (SSSR count). The van der Waals surface area contributed by atoms with Gasteiger partial charge in [-0.3, -0.25) is 9.59 Å². The third kappa shape index (κ3) is 5.09. The summed E-state index contributed by atoms with van der Waals surface area (Å²) < 4.78 is 65.8. The maximum absolute atomic E-state index is 13.0. The number of carbonyl (C=O) groups excluding carboxylic acids is 2. The first-order valence-electron chi connectivity index (χ1n) is 11.3. The van der Waals surface area contributed by atoms with E-state index in [0.29, 0.717) is 38.4 Å². The number of halogens is 3. The zero-order valence-corrected chi connectivity index (χ0v) is 19.1. The highest BCUT2D eigenvalue weighted by atomic mass is 32.3. The van der Waals surface area contributed by atoms with E-state index in [1.165, 1.54) is 0 Å². The molecule has 11 heteroatoms. The molecular weight excluding hydrogens is 459 g/mol. The lowest BCUT2D eigenvalue weighted by atomic mass is 9.94. The minimum absolute atomic E-state index is 0.00249. The standard InChI is InChI=1S/C22H28F3N3O4S/c23-22(24,25)17-3-1-4-19(15-17)33(31,32)27-13-6-16(7-14-27)21(30)26-11-8-18(9-12-26)28-10-2-5-20(28)29/h1,3-4,15-16,18H,2,5-14H2. The van der Waals surface area contributed by atoms with Crippen molar-refractivity contribution < 1.29 is 31.5 Å². The topological polar surface area (TPSA) is 84.0 Å². The number of sulfonamides is 1. The molecule has 1 unspecified atom stereocenters. The number of amides is 2. The Bertz CT molecular complexity index is 941. The average molecular weight is 488 g/mol. The number of benzene rings is 1. The predicted octanol–water partition coefficient (Wildman–Crippen LogP) is 2.93. The molecule has 0 aromatic heterocycles. The monoisotopic (exact) mass is 487 g/mol. The summed E-state index contributed by atoms with van der Waals surface area (Å²) in [6.45, 7) is 2.13. The Morgan fingerprint density at radius 1 is 1.03 bits per heavy atom. The molecule has 0 N–H and O–H groups in total. The summed E-state index contributed by atoms with van der Waals surface area (Å²) in [7, 11) is -4.07. The van der Waals surface area contributed by atoms with E-state index in [1.54, 1.807) is 4.90 Å². The van der Waals surface area contributed by atoms with Gasteiger partial charge in [0.25, 0.3) is 0 Å². The summed E-state index contributed by atoms with van der Waals surface area (Å²) in [4.78, 5) is 28.3. The van der Waals surface area contributed by atoms with Crippen LogP contribution in [0.3, 0.4) is 0 Å². The average Bonchev–Trinajstić information content (AvgIpc) is 3.24. The lowest BCUT2D eigenvalue weighted by Crippen LogP contribution is -2.50. The quantitative estimate of drug-likeness (QED) is 0.612. The number of likely N-dealkylation sites (tertiary alicyclic amines) is 2. The summed E-state index contributed by atoms with van der Waals surface area (Å²) >= 11 is 0. The molecule has 0 saturated carbocycles. The van der Waals surface area contributed by atoms with Crippen molar-refractivity contribution in [3.05, 3.63) is 29.8 Å². The van der Waals surface area contributed by atoms with Crippen LogP contribution in [0, 0.1) is 5.92 Å². The van der Waals surface area contributed by atoms with E-state index < -0.39 is 22.1 Å². The van der Waals surface area contributed by atoms with Gasteiger partial charge in [-0.15, -0.1) is 4.31 Å². The van der Waals surface area contributed by atoms with Crippen molar-refractivity contribution in [2.75, 3.05) is 32.7 Å². The summed E-state index contributed by atoms with van der Waals surface area (Å²) in [5.41, 5.74) is -1.01. The second kappa shape index (κ2) is 9.34. The van der Waals surface area contributed by atoms with Crippen LogP contribution in [-0.4, -0.2) is 69.2 Å². The lowest BCUT2D eigenvalue weighted by Gasteiger charge is -2.39. The highest BCUT2D eigenvalue weighted by Crippen LogP contribution is 2.34. The number of hydrogen-bond donors (Lipinski definition) is 0. The Hall–Kier alpha value is -1.98. The van der Waals surface area contributed by atoms with Gasteiger partial charge < -0.3 is 14.4 Å². The van der Waals surface area contributed by atoms with E-state index in [4.69, 9.17) is 0 Å². The minimum Gasteiger partial charge on any atom is -0.593 e. The smallest absolute Gasteiger partial charge is 0.416 e. The van der Waals surface area contributed by atoms with Gasteiger partial charge in [0.2, 0.25) is 11.8 Å². The molecule has 0 radical (unpaired) electrons. The van der Waals surface area contributed by atoms with Crippen molar-refractivity contribution in [3.63, 3.8) is 0 Å². The Labute approximate surface area is 192 Å². The second-order valence-electron chi connectivity index (χ2n) is 8.95. The van der Waals surface area contributed by atoms with Crippen LogP contribution in [-0.2, 0) is 30.4 Å². The number of nitrogens with zero attached hydrogens (tertiary/aromatic N) is 3. The van der Waals surface area contributed by atoms with E-state index >= 15 is 0 Å². The highest BCUT2D eigenvalue weighted by molar-refractivity contribution is 7.95. The zero-order chi connectivity index (χ0) is 23.8. The van der Waals surface area contributed by atoms with Crippen LogP contribution in [0.5, 0.6) is 0 Å².